The smallest absolute Gasteiger partial charge is 0.416 e. The van der Waals surface area contributed by atoms with Crippen molar-refractivity contribution in [1.29, 1.82) is 0 Å². The third kappa shape index (κ3) is 5.74. The molecule has 0 aliphatic carbocycles. The first-order valence-corrected chi connectivity index (χ1v) is 7.50. The number of carbonyl (C=O) groups is 1. The summed E-state index contributed by atoms with van der Waals surface area (Å²) in [5.74, 6) is -0.158. The van der Waals surface area contributed by atoms with Gasteiger partial charge < -0.3 is 4.74 Å². The number of nitrogens with zero attached hydrogens (tertiary/aromatic N) is 3. The van der Waals surface area contributed by atoms with Crippen molar-refractivity contribution >= 4 is 11.9 Å². The lowest BCUT2D eigenvalue weighted by Crippen LogP contribution is -2.42. The predicted octanol–water partition coefficient (Wildman–Crippen LogP) is 4.45. The molecule has 2 rings (SSSR count). The molecule has 5 nitrogen and oxygen atoms in total. The highest BCUT2D eigenvalue weighted by atomic mass is 19.4. The lowest BCUT2D eigenvalue weighted by molar-refractivity contribution is -0.119. The standard InChI is InChI=1S/C17H18F3N3O2/c1-16(2,3)25-15(24)23(11-17(18,19)20)14-10-12(7-9-22-14)13-6-4-5-8-21-13/h4-10H,11H2,1-3H3. The van der Waals surface area contributed by atoms with Gasteiger partial charge >= 0.3 is 12.3 Å². The van der Waals surface area contributed by atoms with Gasteiger partial charge in [-0.3, -0.25) is 9.88 Å². The second-order valence-electron chi connectivity index (χ2n) is 6.30. The van der Waals surface area contributed by atoms with E-state index in [9.17, 15) is 18.0 Å². The largest absolute Gasteiger partial charge is 0.443 e. The Morgan fingerprint density at radius 2 is 1.84 bits per heavy atom. The summed E-state index contributed by atoms with van der Waals surface area (Å²) in [5.41, 5.74) is 0.170. The Balaban J connectivity index is 2.38. The van der Waals surface area contributed by atoms with E-state index in [1.165, 1.54) is 12.3 Å². The molecule has 0 saturated heterocycles. The average Bonchev–Trinajstić information content (AvgIpc) is 2.51. The van der Waals surface area contributed by atoms with Crippen LogP contribution in [-0.2, 0) is 4.74 Å². The van der Waals surface area contributed by atoms with E-state index < -0.39 is 24.4 Å². The van der Waals surface area contributed by atoms with Crippen molar-refractivity contribution in [1.82, 2.24) is 9.97 Å². The quantitative estimate of drug-likeness (QED) is 0.818. The van der Waals surface area contributed by atoms with Gasteiger partial charge in [0.2, 0.25) is 0 Å². The molecule has 2 aromatic rings. The minimum absolute atomic E-state index is 0.158. The van der Waals surface area contributed by atoms with Gasteiger partial charge in [0.1, 0.15) is 18.0 Å². The van der Waals surface area contributed by atoms with Gasteiger partial charge in [0.15, 0.2) is 0 Å². The molecule has 0 aliphatic rings. The summed E-state index contributed by atoms with van der Waals surface area (Å²) >= 11 is 0. The fourth-order valence-corrected chi connectivity index (χ4v) is 1.99. The molecule has 0 bridgehead atoms. The van der Waals surface area contributed by atoms with Gasteiger partial charge in [0.05, 0.1) is 5.69 Å². The first-order chi connectivity index (χ1) is 11.6. The molecule has 25 heavy (non-hydrogen) atoms. The van der Waals surface area contributed by atoms with E-state index >= 15 is 0 Å². The van der Waals surface area contributed by atoms with Crippen LogP contribution >= 0.6 is 0 Å². The van der Waals surface area contributed by atoms with Crippen LogP contribution in [0.1, 0.15) is 20.8 Å². The number of hydrogen-bond donors (Lipinski definition) is 0. The first kappa shape index (κ1) is 18.7. The van der Waals surface area contributed by atoms with E-state index in [1.807, 2.05) is 0 Å². The summed E-state index contributed by atoms with van der Waals surface area (Å²) in [5, 5.41) is 0. The van der Waals surface area contributed by atoms with Crippen LogP contribution < -0.4 is 4.90 Å². The van der Waals surface area contributed by atoms with E-state index in [4.69, 9.17) is 4.74 Å². The molecule has 8 heteroatoms. The number of ether oxygens (including phenoxy) is 1. The number of amides is 1. The lowest BCUT2D eigenvalue weighted by Gasteiger charge is -2.27. The summed E-state index contributed by atoms with van der Waals surface area (Å²) in [7, 11) is 0. The first-order valence-electron chi connectivity index (χ1n) is 7.50. The third-order valence-corrected chi connectivity index (χ3v) is 2.93. The van der Waals surface area contributed by atoms with Crippen LogP contribution in [0.3, 0.4) is 0 Å². The Labute approximate surface area is 143 Å². The second kappa shape index (κ2) is 7.08. The van der Waals surface area contributed by atoms with Crippen molar-refractivity contribution in [3.8, 4) is 11.3 Å². The zero-order valence-electron chi connectivity index (χ0n) is 14.0. The third-order valence-electron chi connectivity index (χ3n) is 2.93. The van der Waals surface area contributed by atoms with Crippen molar-refractivity contribution in [2.24, 2.45) is 0 Å². The van der Waals surface area contributed by atoms with Crippen molar-refractivity contribution in [3.63, 3.8) is 0 Å². The van der Waals surface area contributed by atoms with Gasteiger partial charge in [-0.25, -0.2) is 9.78 Å². The van der Waals surface area contributed by atoms with E-state index in [1.54, 1.807) is 51.2 Å². The molecule has 1 amide bonds. The van der Waals surface area contributed by atoms with Gasteiger partial charge in [-0.05, 0) is 45.0 Å². The number of alkyl halides is 3. The minimum Gasteiger partial charge on any atom is -0.443 e. The van der Waals surface area contributed by atoms with Crippen LogP contribution in [0.2, 0.25) is 0 Å². The molecule has 0 atom stereocenters. The molecule has 2 aromatic heterocycles. The summed E-state index contributed by atoms with van der Waals surface area (Å²) in [6.07, 6.45) is -2.82. The highest BCUT2D eigenvalue weighted by molar-refractivity contribution is 5.87. The van der Waals surface area contributed by atoms with Crippen LogP contribution in [0.25, 0.3) is 11.3 Å². The van der Waals surface area contributed by atoms with Crippen LogP contribution in [-0.4, -0.2) is 34.4 Å². The molecule has 134 valence electrons. The molecular weight excluding hydrogens is 335 g/mol. The highest BCUT2D eigenvalue weighted by Crippen LogP contribution is 2.26. The van der Waals surface area contributed by atoms with Crippen molar-refractivity contribution < 1.29 is 22.7 Å². The predicted molar refractivity (Wildman–Crippen MR) is 87.1 cm³/mol. The Morgan fingerprint density at radius 1 is 1.12 bits per heavy atom. The molecule has 0 aliphatic heterocycles. The average molecular weight is 353 g/mol. The topological polar surface area (TPSA) is 55.3 Å². The number of anilines is 1. The second-order valence-corrected chi connectivity index (χ2v) is 6.30. The fourth-order valence-electron chi connectivity index (χ4n) is 1.99. The minimum atomic E-state index is -4.60. The number of hydrogen-bond acceptors (Lipinski definition) is 4. The summed E-state index contributed by atoms with van der Waals surface area (Å²) in [6, 6.07) is 8.16. The maximum Gasteiger partial charge on any atom is 0.416 e. The Hall–Kier alpha value is -2.64. The lowest BCUT2D eigenvalue weighted by atomic mass is 10.1. The van der Waals surface area contributed by atoms with Crippen molar-refractivity contribution in [3.05, 3.63) is 42.7 Å². The molecule has 2 heterocycles. The van der Waals surface area contributed by atoms with Crippen molar-refractivity contribution in [2.75, 3.05) is 11.4 Å². The van der Waals surface area contributed by atoms with Crippen molar-refractivity contribution in [2.45, 2.75) is 32.5 Å². The summed E-state index contributed by atoms with van der Waals surface area (Å²) in [6.45, 7) is 3.23. The monoisotopic (exact) mass is 353 g/mol. The molecule has 0 saturated carbocycles. The van der Waals surface area contributed by atoms with E-state index in [0.29, 0.717) is 16.2 Å². The van der Waals surface area contributed by atoms with Crippen LogP contribution in [0.4, 0.5) is 23.8 Å². The Morgan fingerprint density at radius 3 is 2.40 bits per heavy atom. The molecule has 0 fully saturated rings. The number of carbonyl (C=O) groups excluding carboxylic acids is 1. The Bertz CT molecular complexity index is 728. The van der Waals surface area contributed by atoms with Gasteiger partial charge in [-0.1, -0.05) is 6.07 Å². The van der Waals surface area contributed by atoms with Gasteiger partial charge in [0.25, 0.3) is 0 Å². The Kier molecular flexibility index (Phi) is 5.30. The fraction of sp³-hybridized carbons (Fsp3) is 0.353. The van der Waals surface area contributed by atoms with E-state index in [2.05, 4.69) is 9.97 Å². The number of pyridine rings is 2. The van der Waals surface area contributed by atoms with Crippen LogP contribution in [0.15, 0.2) is 42.7 Å². The van der Waals surface area contributed by atoms with Gasteiger partial charge in [-0.2, -0.15) is 13.2 Å². The number of halogens is 3. The summed E-state index contributed by atoms with van der Waals surface area (Å²) < 4.78 is 43.8. The normalized spacial score (nSPS) is 11.9. The number of aromatic nitrogens is 2. The molecular formula is C17H18F3N3O2. The molecule has 0 radical (unpaired) electrons. The van der Waals surface area contributed by atoms with Crippen LogP contribution in [0, 0.1) is 0 Å². The van der Waals surface area contributed by atoms with E-state index in [-0.39, 0.29) is 5.82 Å². The van der Waals surface area contributed by atoms with Gasteiger partial charge in [0, 0.05) is 18.0 Å². The molecule has 0 spiro atoms. The molecule has 0 unspecified atom stereocenters. The van der Waals surface area contributed by atoms with Gasteiger partial charge in [-0.15, -0.1) is 0 Å². The maximum absolute atomic E-state index is 12.9. The van der Waals surface area contributed by atoms with E-state index in [0.717, 1.165) is 0 Å². The number of rotatable bonds is 3. The zero-order chi connectivity index (χ0) is 18.7. The SMILES string of the molecule is CC(C)(C)OC(=O)N(CC(F)(F)F)c1cc(-c2ccccn2)ccn1. The van der Waals surface area contributed by atoms with Crippen LogP contribution in [0.5, 0.6) is 0 Å². The zero-order valence-corrected chi connectivity index (χ0v) is 14.0. The molecule has 0 N–H and O–H groups in total. The summed E-state index contributed by atoms with van der Waals surface area (Å²) in [4.78, 5) is 20.7. The maximum atomic E-state index is 12.9. The molecule has 0 aromatic carbocycles. The highest BCUT2D eigenvalue weighted by Gasteiger charge is 2.36.